The molecule has 10 heteroatoms. The molecule has 0 bridgehead atoms. The number of carbonyl (C=O) groups excluding carboxylic acids is 2. The first-order valence-electron chi connectivity index (χ1n) is 7.98. The van der Waals surface area contributed by atoms with Gasteiger partial charge >= 0.3 is 22.1 Å². The molecule has 0 heterocycles. The van der Waals surface area contributed by atoms with Gasteiger partial charge in [0.25, 0.3) is 0 Å². The van der Waals surface area contributed by atoms with Crippen LogP contribution in [0.5, 0.6) is 11.5 Å². The van der Waals surface area contributed by atoms with E-state index in [0.29, 0.717) is 10.6 Å². The largest absolute Gasteiger partial charge is 0.493 e. The third kappa shape index (κ3) is 5.49. The molecule has 0 fully saturated rings. The minimum Gasteiger partial charge on any atom is -0.493 e. The molecule has 0 unspecified atom stereocenters. The van der Waals surface area contributed by atoms with Gasteiger partial charge in [-0.3, -0.25) is 0 Å². The number of ether oxygens (including phenoxy) is 3. The van der Waals surface area contributed by atoms with Crippen LogP contribution >= 0.6 is 11.6 Å². The van der Waals surface area contributed by atoms with Crippen LogP contribution in [-0.2, 0) is 29.2 Å². The van der Waals surface area contributed by atoms with Gasteiger partial charge < -0.3 is 18.4 Å². The number of carbonyl (C=O) groups is 2. The Morgan fingerprint density at radius 3 is 2.00 bits per heavy atom. The molecule has 2 aromatic rings. The van der Waals surface area contributed by atoms with E-state index in [2.05, 4.69) is 9.47 Å². The van der Waals surface area contributed by atoms with Gasteiger partial charge in [0.1, 0.15) is 10.5 Å². The lowest BCUT2D eigenvalue weighted by Gasteiger charge is -2.12. The molecular formula is C19H17ClO8S. The quantitative estimate of drug-likeness (QED) is 0.213. The summed E-state index contributed by atoms with van der Waals surface area (Å²) in [5.41, 5.74) is 0.00315. The van der Waals surface area contributed by atoms with Crippen LogP contribution in [0.1, 0.15) is 5.56 Å². The standard InChI is InChI=1S/C19H17ClO8S/c1-25-17-11-12(10-15(18(21)26-2)19(22)27-3)4-9-16(17)28-29(23,24)14-7-5-13(20)6-8-14/h4-11H,1-3H3. The van der Waals surface area contributed by atoms with Crippen molar-refractivity contribution < 1.29 is 36.4 Å². The molecule has 0 radical (unpaired) electrons. The van der Waals surface area contributed by atoms with Crippen molar-refractivity contribution in [3.63, 3.8) is 0 Å². The van der Waals surface area contributed by atoms with E-state index in [1.165, 1.54) is 55.7 Å². The van der Waals surface area contributed by atoms with Gasteiger partial charge in [0.15, 0.2) is 11.5 Å². The van der Waals surface area contributed by atoms with Crippen LogP contribution in [0, 0.1) is 0 Å². The summed E-state index contributed by atoms with van der Waals surface area (Å²) in [6, 6.07) is 9.60. The Bertz CT molecular complexity index is 1020. The minimum atomic E-state index is -4.14. The monoisotopic (exact) mass is 440 g/mol. The maximum Gasteiger partial charge on any atom is 0.345 e. The van der Waals surface area contributed by atoms with Crippen LogP contribution in [-0.4, -0.2) is 41.7 Å². The SMILES string of the molecule is COC(=O)C(=Cc1ccc(OS(=O)(=O)c2ccc(Cl)cc2)c(OC)c1)C(=O)OC. The number of hydrogen-bond acceptors (Lipinski definition) is 8. The molecule has 0 saturated carbocycles. The van der Waals surface area contributed by atoms with Gasteiger partial charge in [0.2, 0.25) is 0 Å². The lowest BCUT2D eigenvalue weighted by Crippen LogP contribution is -2.15. The highest BCUT2D eigenvalue weighted by molar-refractivity contribution is 7.87. The van der Waals surface area contributed by atoms with Crippen molar-refractivity contribution in [3.05, 3.63) is 58.6 Å². The van der Waals surface area contributed by atoms with Crippen molar-refractivity contribution >= 4 is 39.7 Å². The molecule has 29 heavy (non-hydrogen) atoms. The first-order valence-corrected chi connectivity index (χ1v) is 9.77. The zero-order chi connectivity index (χ0) is 21.6. The summed E-state index contributed by atoms with van der Waals surface area (Å²) in [5.74, 6) is -1.80. The van der Waals surface area contributed by atoms with Crippen molar-refractivity contribution in [2.75, 3.05) is 21.3 Å². The topological polar surface area (TPSA) is 105 Å². The molecular weight excluding hydrogens is 424 g/mol. The third-order valence-electron chi connectivity index (χ3n) is 3.61. The smallest absolute Gasteiger partial charge is 0.345 e. The molecule has 0 atom stereocenters. The average Bonchev–Trinajstić information content (AvgIpc) is 2.71. The van der Waals surface area contributed by atoms with Crippen molar-refractivity contribution in [3.8, 4) is 11.5 Å². The first kappa shape index (κ1) is 22.3. The highest BCUT2D eigenvalue weighted by Gasteiger charge is 2.22. The highest BCUT2D eigenvalue weighted by Crippen LogP contribution is 2.31. The van der Waals surface area contributed by atoms with Crippen LogP contribution in [0.4, 0.5) is 0 Å². The lowest BCUT2D eigenvalue weighted by atomic mass is 10.1. The van der Waals surface area contributed by atoms with E-state index in [1.54, 1.807) is 0 Å². The Kier molecular flexibility index (Phi) is 7.24. The number of benzene rings is 2. The Labute approximate surface area is 172 Å². The Morgan fingerprint density at radius 1 is 0.897 bits per heavy atom. The fourth-order valence-corrected chi connectivity index (χ4v) is 3.26. The van der Waals surface area contributed by atoms with Crippen LogP contribution < -0.4 is 8.92 Å². The molecule has 0 saturated heterocycles. The van der Waals surface area contributed by atoms with E-state index in [9.17, 15) is 18.0 Å². The molecule has 0 aliphatic rings. The summed E-state index contributed by atoms with van der Waals surface area (Å²) in [6.07, 6.45) is 1.22. The second kappa shape index (κ2) is 9.44. The van der Waals surface area contributed by atoms with Gasteiger partial charge in [0.05, 0.1) is 21.3 Å². The molecule has 0 amide bonds. The first-order chi connectivity index (χ1) is 13.7. The molecule has 2 rings (SSSR count). The van der Waals surface area contributed by atoms with E-state index in [0.717, 1.165) is 14.2 Å². The lowest BCUT2D eigenvalue weighted by molar-refractivity contribution is -0.143. The zero-order valence-corrected chi connectivity index (χ0v) is 17.2. The van der Waals surface area contributed by atoms with Gasteiger partial charge in [-0.05, 0) is 48.0 Å². The molecule has 0 aliphatic heterocycles. The minimum absolute atomic E-state index is 0.0605. The predicted molar refractivity (Wildman–Crippen MR) is 104 cm³/mol. The number of rotatable bonds is 7. The molecule has 8 nitrogen and oxygen atoms in total. The molecule has 0 aromatic heterocycles. The van der Waals surface area contributed by atoms with Crippen molar-refractivity contribution in [1.29, 1.82) is 0 Å². The van der Waals surface area contributed by atoms with Crippen molar-refractivity contribution in [1.82, 2.24) is 0 Å². The average molecular weight is 441 g/mol. The summed E-state index contributed by atoms with van der Waals surface area (Å²) >= 11 is 5.77. The summed E-state index contributed by atoms with van der Waals surface area (Å²) in [7, 11) is -0.577. The Balaban J connectivity index is 2.40. The number of hydrogen-bond donors (Lipinski definition) is 0. The molecule has 2 aromatic carbocycles. The normalized spacial score (nSPS) is 10.6. The summed E-state index contributed by atoms with van der Waals surface area (Å²) in [5, 5.41) is 0.379. The van der Waals surface area contributed by atoms with Gasteiger partial charge in [-0.1, -0.05) is 17.7 Å². The van der Waals surface area contributed by atoms with Crippen molar-refractivity contribution in [2.45, 2.75) is 4.90 Å². The Morgan fingerprint density at radius 2 is 1.48 bits per heavy atom. The Hall–Kier alpha value is -3.04. The predicted octanol–water partition coefficient (Wildman–Crippen LogP) is 2.85. The van der Waals surface area contributed by atoms with Crippen LogP contribution in [0.15, 0.2) is 52.9 Å². The van der Waals surface area contributed by atoms with Crippen LogP contribution in [0.2, 0.25) is 5.02 Å². The molecule has 0 N–H and O–H groups in total. The van der Waals surface area contributed by atoms with Gasteiger partial charge in [-0.25, -0.2) is 9.59 Å². The van der Waals surface area contributed by atoms with Crippen LogP contribution in [0.25, 0.3) is 6.08 Å². The number of halogens is 1. The van der Waals surface area contributed by atoms with Gasteiger partial charge in [-0.2, -0.15) is 8.42 Å². The fraction of sp³-hybridized carbons (Fsp3) is 0.158. The van der Waals surface area contributed by atoms with Crippen LogP contribution in [0.3, 0.4) is 0 Å². The molecule has 0 aliphatic carbocycles. The second-order valence-corrected chi connectivity index (χ2v) is 7.43. The van der Waals surface area contributed by atoms with E-state index in [4.69, 9.17) is 20.5 Å². The van der Waals surface area contributed by atoms with Crippen molar-refractivity contribution in [2.24, 2.45) is 0 Å². The maximum absolute atomic E-state index is 12.4. The fourth-order valence-electron chi connectivity index (χ4n) is 2.20. The highest BCUT2D eigenvalue weighted by atomic mass is 35.5. The summed E-state index contributed by atoms with van der Waals surface area (Å²) < 4.78 is 44.3. The summed E-state index contributed by atoms with van der Waals surface area (Å²) in [6.45, 7) is 0. The maximum atomic E-state index is 12.4. The van der Waals surface area contributed by atoms with E-state index in [1.807, 2.05) is 0 Å². The molecule has 154 valence electrons. The number of esters is 2. The zero-order valence-electron chi connectivity index (χ0n) is 15.7. The summed E-state index contributed by atoms with van der Waals surface area (Å²) in [4.78, 5) is 23.5. The molecule has 0 spiro atoms. The van der Waals surface area contributed by atoms with Gasteiger partial charge in [-0.15, -0.1) is 0 Å². The van der Waals surface area contributed by atoms with E-state index < -0.39 is 22.1 Å². The third-order valence-corrected chi connectivity index (χ3v) is 5.11. The second-order valence-electron chi connectivity index (χ2n) is 5.44. The van der Waals surface area contributed by atoms with Gasteiger partial charge in [0, 0.05) is 5.02 Å². The van der Waals surface area contributed by atoms with E-state index >= 15 is 0 Å². The number of methoxy groups -OCH3 is 3. The van der Waals surface area contributed by atoms with E-state index in [-0.39, 0.29) is 22.0 Å².